The highest BCUT2D eigenvalue weighted by atomic mass is 16.5. The molecule has 25 heavy (non-hydrogen) atoms. The van der Waals surface area contributed by atoms with Crippen LogP contribution in [0.15, 0.2) is 34.3 Å². The number of nitrogens with one attached hydrogen (secondary N) is 2. The molecule has 0 aromatic heterocycles. The minimum absolute atomic E-state index is 0.287. The smallest absolute Gasteiger partial charge is 0.338 e. The molecule has 8 nitrogen and oxygen atoms in total. The molecule has 1 heterocycles. The molecule has 0 bridgehead atoms. The Morgan fingerprint density at radius 3 is 2.92 bits per heavy atom. The molecule has 1 spiro atoms. The van der Waals surface area contributed by atoms with Gasteiger partial charge in [0, 0.05) is 5.69 Å². The molecule has 0 unspecified atom stereocenters. The van der Waals surface area contributed by atoms with E-state index in [1.165, 1.54) is 0 Å². The van der Waals surface area contributed by atoms with Crippen LogP contribution in [0.2, 0.25) is 0 Å². The van der Waals surface area contributed by atoms with E-state index in [0.717, 1.165) is 0 Å². The third-order valence-electron chi connectivity index (χ3n) is 4.29. The molecular formula is C17H23N5O3. The lowest BCUT2D eigenvalue weighted by atomic mass is 9.88. The number of ether oxygens (including phenoxy) is 1. The van der Waals surface area contributed by atoms with E-state index in [1.54, 1.807) is 25.1 Å². The van der Waals surface area contributed by atoms with Crippen molar-refractivity contribution in [3.8, 4) is 0 Å². The van der Waals surface area contributed by atoms with Gasteiger partial charge in [-0.3, -0.25) is 5.32 Å². The summed E-state index contributed by atoms with van der Waals surface area (Å²) in [6.45, 7) is 2.09. The summed E-state index contributed by atoms with van der Waals surface area (Å²) in [5.41, 5.74) is 6.44. The van der Waals surface area contributed by atoms with Crippen molar-refractivity contribution < 1.29 is 14.6 Å². The first-order valence-corrected chi connectivity index (χ1v) is 8.44. The maximum absolute atomic E-state index is 11.9. The lowest BCUT2D eigenvalue weighted by Gasteiger charge is -2.35. The molecule has 5 N–H and O–H groups in total. The number of hydrogen-bond acceptors (Lipinski definition) is 8. The number of nitrogens with two attached hydrogens (primary N) is 1. The van der Waals surface area contributed by atoms with Crippen molar-refractivity contribution in [2.75, 3.05) is 11.9 Å². The summed E-state index contributed by atoms with van der Waals surface area (Å²) in [4.78, 5) is 21.0. The number of carbonyl (C=O) groups is 1. The van der Waals surface area contributed by atoms with Crippen molar-refractivity contribution in [1.29, 1.82) is 0 Å². The topological polar surface area (TPSA) is 121 Å². The average Bonchev–Trinajstić information content (AvgIpc) is 2.58. The molecule has 1 aliphatic heterocycles. The standard InChI is InChI=1S/C17H23N5O3/c1-2-25-14(24)11-4-3-5-12(10-11)19-16-20-15(18)21-17(22-16)8-6-13(23)7-9-17/h3-5,10,13,23H,2,6-9H2,1H3,(H4,18,19,20,21,22). The summed E-state index contributed by atoms with van der Waals surface area (Å²) in [5.74, 6) is 0.392. The maximum atomic E-state index is 11.9. The van der Waals surface area contributed by atoms with Crippen LogP contribution in [0.4, 0.5) is 5.69 Å². The Labute approximate surface area is 146 Å². The molecule has 8 heteroatoms. The Morgan fingerprint density at radius 1 is 1.44 bits per heavy atom. The van der Waals surface area contributed by atoms with Crippen LogP contribution in [0.25, 0.3) is 0 Å². The second kappa shape index (κ2) is 7.10. The third-order valence-corrected chi connectivity index (χ3v) is 4.29. The fourth-order valence-corrected chi connectivity index (χ4v) is 3.06. The Bertz CT molecular complexity index is 708. The van der Waals surface area contributed by atoms with Gasteiger partial charge < -0.3 is 20.9 Å². The summed E-state index contributed by atoms with van der Waals surface area (Å²) in [6, 6.07) is 6.98. The van der Waals surface area contributed by atoms with E-state index >= 15 is 0 Å². The number of benzene rings is 1. The molecule has 0 atom stereocenters. The zero-order chi connectivity index (χ0) is 17.9. The lowest BCUT2D eigenvalue weighted by Crippen LogP contribution is -2.50. The Kier molecular flexibility index (Phi) is 4.89. The van der Waals surface area contributed by atoms with Crippen LogP contribution >= 0.6 is 0 Å². The molecule has 1 fully saturated rings. The molecule has 2 aliphatic rings. The normalized spacial score (nSPS) is 25.6. The minimum Gasteiger partial charge on any atom is -0.462 e. The van der Waals surface area contributed by atoms with Gasteiger partial charge in [0.05, 0.1) is 18.3 Å². The van der Waals surface area contributed by atoms with Crippen molar-refractivity contribution in [3.05, 3.63) is 29.8 Å². The first kappa shape index (κ1) is 17.2. The highest BCUT2D eigenvalue weighted by Crippen LogP contribution is 2.34. The van der Waals surface area contributed by atoms with E-state index in [-0.39, 0.29) is 18.0 Å². The van der Waals surface area contributed by atoms with Gasteiger partial charge in [-0.15, -0.1) is 0 Å². The first-order valence-electron chi connectivity index (χ1n) is 8.44. The number of aliphatic hydroxyl groups excluding tert-OH is 1. The fourth-order valence-electron chi connectivity index (χ4n) is 3.06. The van der Waals surface area contributed by atoms with Crippen molar-refractivity contribution in [1.82, 2.24) is 5.32 Å². The van der Waals surface area contributed by atoms with Crippen molar-refractivity contribution >= 4 is 23.6 Å². The third kappa shape index (κ3) is 4.08. The largest absolute Gasteiger partial charge is 0.462 e. The Morgan fingerprint density at radius 2 is 2.20 bits per heavy atom. The number of carbonyl (C=O) groups excluding carboxylic acids is 1. The van der Waals surface area contributed by atoms with Crippen LogP contribution in [-0.4, -0.2) is 41.4 Å². The van der Waals surface area contributed by atoms with E-state index in [2.05, 4.69) is 20.6 Å². The maximum Gasteiger partial charge on any atom is 0.338 e. The molecule has 134 valence electrons. The quantitative estimate of drug-likeness (QED) is 0.610. The van der Waals surface area contributed by atoms with Crippen molar-refractivity contribution in [2.45, 2.75) is 44.4 Å². The van der Waals surface area contributed by atoms with Crippen LogP contribution in [0.1, 0.15) is 43.0 Å². The predicted octanol–water partition coefficient (Wildman–Crippen LogP) is 1.18. The van der Waals surface area contributed by atoms with Gasteiger partial charge in [-0.05, 0) is 50.8 Å². The number of anilines is 1. The number of rotatable bonds is 3. The summed E-state index contributed by atoms with van der Waals surface area (Å²) < 4.78 is 5.01. The van der Waals surface area contributed by atoms with E-state index in [9.17, 15) is 9.90 Å². The van der Waals surface area contributed by atoms with Gasteiger partial charge in [0.25, 0.3) is 0 Å². The number of nitrogens with zero attached hydrogens (tertiary/aromatic N) is 2. The second-order valence-electron chi connectivity index (χ2n) is 6.22. The van der Waals surface area contributed by atoms with Crippen LogP contribution in [0.3, 0.4) is 0 Å². The second-order valence-corrected chi connectivity index (χ2v) is 6.22. The summed E-state index contributed by atoms with van der Waals surface area (Å²) in [5, 5.41) is 15.8. The SMILES string of the molecule is CCOC(=O)c1cccc(NC2=NC3(CCC(O)CC3)N=C(N)N2)c1. The Balaban J connectivity index is 1.77. The molecule has 0 amide bonds. The number of aliphatic hydroxyl groups is 1. The monoisotopic (exact) mass is 345 g/mol. The van der Waals surface area contributed by atoms with Crippen LogP contribution < -0.4 is 16.4 Å². The van der Waals surface area contributed by atoms with Crippen molar-refractivity contribution in [3.63, 3.8) is 0 Å². The van der Waals surface area contributed by atoms with E-state index in [4.69, 9.17) is 10.5 Å². The lowest BCUT2D eigenvalue weighted by molar-refractivity contribution is 0.0526. The van der Waals surface area contributed by atoms with Crippen LogP contribution in [0.5, 0.6) is 0 Å². The molecule has 1 aromatic carbocycles. The zero-order valence-corrected chi connectivity index (χ0v) is 14.2. The Hall–Kier alpha value is -2.61. The van der Waals surface area contributed by atoms with Gasteiger partial charge in [0.1, 0.15) is 0 Å². The number of hydrogen-bond donors (Lipinski definition) is 4. The van der Waals surface area contributed by atoms with Gasteiger partial charge in [0.15, 0.2) is 11.6 Å². The predicted molar refractivity (Wildman–Crippen MR) is 95.4 cm³/mol. The van der Waals surface area contributed by atoms with Gasteiger partial charge in [-0.25, -0.2) is 14.8 Å². The summed E-state index contributed by atoms with van der Waals surface area (Å²) >= 11 is 0. The van der Waals surface area contributed by atoms with Crippen LogP contribution in [0, 0.1) is 0 Å². The molecular weight excluding hydrogens is 322 g/mol. The molecule has 1 saturated carbocycles. The molecule has 1 aliphatic carbocycles. The minimum atomic E-state index is -0.629. The van der Waals surface area contributed by atoms with E-state index < -0.39 is 5.66 Å². The van der Waals surface area contributed by atoms with E-state index in [0.29, 0.717) is 49.5 Å². The number of esters is 1. The highest BCUT2D eigenvalue weighted by Gasteiger charge is 2.37. The molecule has 3 rings (SSSR count). The summed E-state index contributed by atoms with van der Waals surface area (Å²) in [6.07, 6.45) is 2.28. The zero-order valence-electron chi connectivity index (χ0n) is 14.2. The average molecular weight is 345 g/mol. The van der Waals surface area contributed by atoms with Gasteiger partial charge in [0.2, 0.25) is 5.96 Å². The van der Waals surface area contributed by atoms with Gasteiger partial charge in [-0.1, -0.05) is 6.07 Å². The fraction of sp³-hybridized carbons (Fsp3) is 0.471. The highest BCUT2D eigenvalue weighted by molar-refractivity contribution is 6.06. The van der Waals surface area contributed by atoms with Crippen LogP contribution in [-0.2, 0) is 4.74 Å². The molecule has 0 saturated heterocycles. The van der Waals surface area contributed by atoms with Gasteiger partial charge in [-0.2, -0.15) is 0 Å². The first-order chi connectivity index (χ1) is 12.0. The summed E-state index contributed by atoms with van der Waals surface area (Å²) in [7, 11) is 0. The van der Waals surface area contributed by atoms with Crippen molar-refractivity contribution in [2.24, 2.45) is 15.7 Å². The van der Waals surface area contributed by atoms with E-state index in [1.807, 2.05) is 6.07 Å². The number of guanidine groups is 2. The number of aliphatic imine (C=N–C) groups is 2. The molecule has 1 aromatic rings. The van der Waals surface area contributed by atoms with Gasteiger partial charge >= 0.3 is 5.97 Å². The molecule has 0 radical (unpaired) electrons.